The van der Waals surface area contributed by atoms with E-state index in [1.54, 1.807) is 0 Å². The number of rotatable bonds is 3. The molecule has 2 N–H and O–H groups in total. The number of hydrogen-bond acceptors (Lipinski definition) is 4. The zero-order valence-electron chi connectivity index (χ0n) is 7.72. The highest BCUT2D eigenvalue weighted by atomic mass is 16.4. The molecule has 6 nitrogen and oxygen atoms in total. The molecule has 0 saturated heterocycles. The Labute approximate surface area is 84.2 Å². The number of carbonyl (C=O) groups excluding carboxylic acids is 1. The van der Waals surface area contributed by atoms with E-state index >= 15 is 0 Å². The van der Waals surface area contributed by atoms with Crippen LogP contribution in [-0.4, -0.2) is 32.9 Å². The molecule has 6 heteroatoms. The highest BCUT2D eigenvalue weighted by Crippen LogP contribution is 2.07. The van der Waals surface area contributed by atoms with Crippen LogP contribution in [0.4, 0.5) is 0 Å². The number of pyridine rings is 1. The van der Waals surface area contributed by atoms with Crippen molar-refractivity contribution in [3.8, 4) is 0 Å². The predicted molar refractivity (Wildman–Crippen MR) is 48.2 cm³/mol. The number of ketones is 1. The molecule has 0 bridgehead atoms. The predicted octanol–water partition coefficient (Wildman–Crippen LogP) is 0.681. The number of nitrogens with zero attached hydrogens (tertiary/aromatic N) is 1. The van der Waals surface area contributed by atoms with Gasteiger partial charge in [0.05, 0.1) is 5.56 Å². The Morgan fingerprint density at radius 2 is 1.60 bits per heavy atom. The molecule has 0 aliphatic carbocycles. The van der Waals surface area contributed by atoms with Gasteiger partial charge in [-0.15, -0.1) is 0 Å². The van der Waals surface area contributed by atoms with Gasteiger partial charge in [-0.25, -0.2) is 14.6 Å². The van der Waals surface area contributed by atoms with Crippen molar-refractivity contribution >= 4 is 17.7 Å². The second-order valence-corrected chi connectivity index (χ2v) is 2.79. The van der Waals surface area contributed by atoms with Gasteiger partial charge in [0.15, 0.2) is 5.78 Å². The summed E-state index contributed by atoms with van der Waals surface area (Å²) in [7, 11) is 0. The van der Waals surface area contributed by atoms with Crippen LogP contribution in [0.1, 0.15) is 38.3 Å². The smallest absolute Gasteiger partial charge is 0.354 e. The first kappa shape index (κ1) is 10.8. The minimum atomic E-state index is -1.37. The summed E-state index contributed by atoms with van der Waals surface area (Å²) in [6.07, 6.45) is 0. The minimum Gasteiger partial charge on any atom is -0.478 e. The second-order valence-electron chi connectivity index (χ2n) is 2.79. The van der Waals surface area contributed by atoms with E-state index in [9.17, 15) is 14.4 Å². The molecule has 0 amide bonds. The fourth-order valence-electron chi connectivity index (χ4n) is 0.944. The first-order valence-corrected chi connectivity index (χ1v) is 3.91. The fraction of sp³-hybridized carbons (Fsp3) is 0.111. The molecule has 1 aromatic rings. The SMILES string of the molecule is CC(=O)c1cc(C(=O)O)cc(C(=O)O)n1. The first-order chi connectivity index (χ1) is 6.91. The van der Waals surface area contributed by atoms with Crippen molar-refractivity contribution in [2.75, 3.05) is 0 Å². The van der Waals surface area contributed by atoms with E-state index in [2.05, 4.69) is 4.98 Å². The zero-order chi connectivity index (χ0) is 11.6. The topological polar surface area (TPSA) is 105 Å². The van der Waals surface area contributed by atoms with Gasteiger partial charge in [-0.1, -0.05) is 0 Å². The Morgan fingerprint density at radius 3 is 2.00 bits per heavy atom. The average molecular weight is 209 g/mol. The van der Waals surface area contributed by atoms with Crippen LogP contribution in [0.15, 0.2) is 12.1 Å². The Kier molecular flexibility index (Phi) is 2.80. The Hall–Kier alpha value is -2.24. The van der Waals surface area contributed by atoms with E-state index in [4.69, 9.17) is 10.2 Å². The number of carboxylic acids is 2. The van der Waals surface area contributed by atoms with Gasteiger partial charge in [0.1, 0.15) is 11.4 Å². The molecule has 0 aliphatic rings. The van der Waals surface area contributed by atoms with Crippen LogP contribution in [0.25, 0.3) is 0 Å². The molecule has 0 radical (unpaired) electrons. The van der Waals surface area contributed by atoms with Crippen LogP contribution < -0.4 is 0 Å². The number of Topliss-reactive ketones (excluding diaryl/α,β-unsaturated/α-hetero) is 1. The van der Waals surface area contributed by atoms with Crippen molar-refractivity contribution in [3.05, 3.63) is 29.1 Å². The standard InChI is InChI=1S/C9H7NO5/c1-4(11)6-2-5(8(12)13)3-7(10-6)9(14)15/h2-3H,1H3,(H,12,13)(H,14,15). The number of hydrogen-bond donors (Lipinski definition) is 2. The van der Waals surface area contributed by atoms with E-state index in [1.165, 1.54) is 6.92 Å². The van der Waals surface area contributed by atoms with Gasteiger partial charge in [0, 0.05) is 6.92 Å². The minimum absolute atomic E-state index is 0.174. The summed E-state index contributed by atoms with van der Waals surface area (Å²) < 4.78 is 0. The molecular formula is C9H7NO5. The maximum absolute atomic E-state index is 10.9. The van der Waals surface area contributed by atoms with Crippen LogP contribution >= 0.6 is 0 Å². The van der Waals surface area contributed by atoms with Crippen LogP contribution in [0.5, 0.6) is 0 Å². The Balaban J connectivity index is 3.39. The molecule has 0 aromatic carbocycles. The summed E-state index contributed by atoms with van der Waals surface area (Å²) in [5.41, 5.74) is -0.903. The summed E-state index contributed by atoms with van der Waals surface area (Å²) in [6.45, 7) is 1.18. The monoisotopic (exact) mass is 209 g/mol. The van der Waals surface area contributed by atoms with Crippen molar-refractivity contribution in [1.82, 2.24) is 4.98 Å². The lowest BCUT2D eigenvalue weighted by atomic mass is 10.1. The molecule has 0 unspecified atom stereocenters. The third kappa shape index (κ3) is 2.37. The van der Waals surface area contributed by atoms with E-state index < -0.39 is 23.4 Å². The summed E-state index contributed by atoms with van der Waals surface area (Å²) in [6, 6.07) is 1.94. The molecule has 15 heavy (non-hydrogen) atoms. The second kappa shape index (κ2) is 3.87. The van der Waals surface area contributed by atoms with Crippen molar-refractivity contribution < 1.29 is 24.6 Å². The number of aromatic carboxylic acids is 2. The zero-order valence-corrected chi connectivity index (χ0v) is 7.72. The third-order valence-corrected chi connectivity index (χ3v) is 1.65. The molecule has 0 aliphatic heterocycles. The lowest BCUT2D eigenvalue weighted by Gasteiger charge is -2.00. The van der Waals surface area contributed by atoms with Gasteiger partial charge in [-0.3, -0.25) is 4.79 Å². The van der Waals surface area contributed by atoms with Crippen molar-refractivity contribution in [2.24, 2.45) is 0 Å². The number of carbonyl (C=O) groups is 3. The van der Waals surface area contributed by atoms with Crippen molar-refractivity contribution in [1.29, 1.82) is 0 Å². The van der Waals surface area contributed by atoms with Crippen LogP contribution in [0.2, 0.25) is 0 Å². The molecule has 1 rings (SSSR count). The maximum atomic E-state index is 10.9. The van der Waals surface area contributed by atoms with Gasteiger partial charge in [0.25, 0.3) is 0 Å². The molecule has 0 fully saturated rings. The molecular weight excluding hydrogens is 202 g/mol. The number of carboxylic acid groups (broad SMARTS) is 2. The highest BCUT2D eigenvalue weighted by Gasteiger charge is 2.14. The molecule has 0 spiro atoms. The molecule has 0 atom stereocenters. The Bertz CT molecular complexity index is 373. The van der Waals surface area contributed by atoms with Crippen molar-refractivity contribution in [3.63, 3.8) is 0 Å². The van der Waals surface area contributed by atoms with E-state index in [0.717, 1.165) is 12.1 Å². The molecule has 1 aromatic heterocycles. The summed E-state index contributed by atoms with van der Waals surface area (Å²) in [4.78, 5) is 35.7. The van der Waals surface area contributed by atoms with Crippen LogP contribution in [0.3, 0.4) is 0 Å². The van der Waals surface area contributed by atoms with Gasteiger partial charge in [0.2, 0.25) is 0 Å². The fourth-order valence-corrected chi connectivity index (χ4v) is 0.944. The lowest BCUT2D eigenvalue weighted by molar-refractivity contribution is 0.0690. The first-order valence-electron chi connectivity index (χ1n) is 3.91. The quantitative estimate of drug-likeness (QED) is 0.709. The van der Waals surface area contributed by atoms with Crippen LogP contribution in [-0.2, 0) is 0 Å². The number of aromatic nitrogens is 1. The normalized spacial score (nSPS) is 9.67. The van der Waals surface area contributed by atoms with Gasteiger partial charge >= 0.3 is 11.9 Å². The van der Waals surface area contributed by atoms with Crippen molar-refractivity contribution in [2.45, 2.75) is 6.92 Å². The summed E-state index contributed by atoms with van der Waals surface area (Å²) >= 11 is 0. The maximum Gasteiger partial charge on any atom is 0.354 e. The lowest BCUT2D eigenvalue weighted by Crippen LogP contribution is -2.09. The summed E-state index contributed by atoms with van der Waals surface area (Å²) in [5, 5.41) is 17.3. The average Bonchev–Trinajstić information content (AvgIpc) is 2.16. The van der Waals surface area contributed by atoms with Crippen LogP contribution in [0, 0.1) is 0 Å². The molecule has 0 saturated carbocycles. The van der Waals surface area contributed by atoms with Gasteiger partial charge < -0.3 is 10.2 Å². The largest absolute Gasteiger partial charge is 0.478 e. The highest BCUT2D eigenvalue weighted by molar-refractivity contribution is 5.98. The molecule has 78 valence electrons. The van der Waals surface area contributed by atoms with E-state index in [0.29, 0.717) is 0 Å². The molecule has 1 heterocycles. The van der Waals surface area contributed by atoms with E-state index in [1.807, 2.05) is 0 Å². The Morgan fingerprint density at radius 1 is 1.07 bits per heavy atom. The summed E-state index contributed by atoms with van der Waals surface area (Å²) in [5.74, 6) is -3.16. The van der Waals surface area contributed by atoms with Gasteiger partial charge in [-0.05, 0) is 12.1 Å². The third-order valence-electron chi connectivity index (χ3n) is 1.65. The van der Waals surface area contributed by atoms with E-state index in [-0.39, 0.29) is 11.3 Å². The van der Waals surface area contributed by atoms with Gasteiger partial charge in [-0.2, -0.15) is 0 Å².